The zero-order valence-electron chi connectivity index (χ0n) is 12.0. The number of rotatable bonds is 6. The quantitative estimate of drug-likeness (QED) is 0.494. The summed E-state index contributed by atoms with van der Waals surface area (Å²) < 4.78 is 5.45. The van der Waals surface area contributed by atoms with Crippen LogP contribution in [0.4, 0.5) is 0 Å². The van der Waals surface area contributed by atoms with Gasteiger partial charge in [-0.05, 0) is 49.9 Å². The van der Waals surface area contributed by atoms with Crippen LogP contribution in [-0.4, -0.2) is 18.0 Å². The molecule has 0 bridgehead atoms. The summed E-state index contributed by atoms with van der Waals surface area (Å²) in [6.45, 7) is 11.1. The van der Waals surface area contributed by atoms with Crippen LogP contribution < -0.4 is 0 Å². The van der Waals surface area contributed by atoms with Crippen molar-refractivity contribution in [3.8, 4) is 0 Å². The van der Waals surface area contributed by atoms with Gasteiger partial charge in [-0.3, -0.25) is 0 Å². The number of ether oxygens (including phenoxy) is 1. The Morgan fingerprint density at radius 3 is 2.59 bits per heavy atom. The van der Waals surface area contributed by atoms with Crippen LogP contribution in [0.25, 0.3) is 0 Å². The van der Waals surface area contributed by atoms with E-state index in [0.29, 0.717) is 10.2 Å². The number of halogens is 1. The fourth-order valence-electron chi connectivity index (χ4n) is 3.15. The zero-order valence-corrected chi connectivity index (χ0v) is 13.6. The Bertz CT molecular complexity index is 215. The normalized spacial score (nSPS) is 30.5. The van der Waals surface area contributed by atoms with Crippen molar-refractivity contribution in [2.24, 2.45) is 17.3 Å². The lowest BCUT2D eigenvalue weighted by Crippen LogP contribution is -2.35. The molecule has 2 heteroatoms. The Morgan fingerprint density at radius 2 is 2.00 bits per heavy atom. The highest BCUT2D eigenvalue weighted by Gasteiger charge is 2.37. The molecule has 0 radical (unpaired) electrons. The Hall–Kier alpha value is 0.440. The van der Waals surface area contributed by atoms with Gasteiger partial charge in [-0.15, -0.1) is 0 Å². The molecule has 0 aromatic rings. The van der Waals surface area contributed by atoms with Crippen LogP contribution in [0, 0.1) is 17.3 Å². The first-order valence-electron chi connectivity index (χ1n) is 7.19. The molecule has 0 saturated heterocycles. The van der Waals surface area contributed by atoms with E-state index in [-0.39, 0.29) is 0 Å². The minimum Gasteiger partial charge on any atom is -0.382 e. The molecule has 1 saturated carbocycles. The summed E-state index contributed by atoms with van der Waals surface area (Å²) >= 11 is 3.92. The third kappa shape index (κ3) is 4.90. The molecule has 0 spiro atoms. The van der Waals surface area contributed by atoms with Crippen LogP contribution in [0.3, 0.4) is 0 Å². The van der Waals surface area contributed by atoms with Crippen LogP contribution in [-0.2, 0) is 4.74 Å². The van der Waals surface area contributed by atoms with Crippen molar-refractivity contribution in [3.63, 3.8) is 0 Å². The van der Waals surface area contributed by atoms with Crippen LogP contribution in [0.5, 0.6) is 0 Å². The first-order valence-corrected chi connectivity index (χ1v) is 8.10. The molecule has 0 aliphatic heterocycles. The maximum atomic E-state index is 5.45. The summed E-state index contributed by atoms with van der Waals surface area (Å²) in [5, 5.41) is 0. The van der Waals surface area contributed by atoms with Gasteiger partial charge in [0.05, 0.1) is 0 Å². The minimum atomic E-state index is 0.450. The summed E-state index contributed by atoms with van der Waals surface area (Å²) in [5.41, 5.74) is 0.450. The predicted molar refractivity (Wildman–Crippen MR) is 78.7 cm³/mol. The zero-order chi connectivity index (χ0) is 12.9. The summed E-state index contributed by atoms with van der Waals surface area (Å²) in [6, 6.07) is 0. The molecule has 0 aromatic carbocycles. The second-order valence-electron chi connectivity index (χ2n) is 6.33. The molecule has 1 fully saturated rings. The summed E-state index contributed by atoms with van der Waals surface area (Å²) in [7, 11) is 0. The minimum absolute atomic E-state index is 0.450. The average molecular weight is 305 g/mol. The largest absolute Gasteiger partial charge is 0.382 e. The predicted octanol–water partition coefficient (Wildman–Crippen LogP) is 5.03. The molecule has 1 aliphatic carbocycles. The first-order chi connectivity index (χ1) is 7.97. The Kier molecular flexibility index (Phi) is 6.50. The summed E-state index contributed by atoms with van der Waals surface area (Å²) in [4.78, 5) is 0.716. The highest BCUT2D eigenvalue weighted by molar-refractivity contribution is 9.09. The van der Waals surface area contributed by atoms with Crippen molar-refractivity contribution in [2.75, 3.05) is 13.2 Å². The highest BCUT2D eigenvalue weighted by Crippen LogP contribution is 2.45. The smallest absolute Gasteiger partial charge is 0.0466 e. The molecule has 102 valence electrons. The van der Waals surface area contributed by atoms with Gasteiger partial charge >= 0.3 is 0 Å². The molecule has 0 N–H and O–H groups in total. The molecular weight excluding hydrogens is 276 g/mol. The van der Waals surface area contributed by atoms with Gasteiger partial charge in [-0.2, -0.15) is 0 Å². The fraction of sp³-hybridized carbons (Fsp3) is 1.00. The van der Waals surface area contributed by atoms with E-state index >= 15 is 0 Å². The lowest BCUT2D eigenvalue weighted by Gasteiger charge is -2.42. The van der Waals surface area contributed by atoms with E-state index in [4.69, 9.17) is 4.74 Å². The molecule has 0 heterocycles. The Balaban J connectivity index is 2.40. The first kappa shape index (κ1) is 15.5. The van der Waals surface area contributed by atoms with E-state index in [2.05, 4.69) is 43.6 Å². The van der Waals surface area contributed by atoms with Crippen molar-refractivity contribution in [2.45, 2.75) is 64.6 Å². The molecule has 1 aliphatic rings. The van der Waals surface area contributed by atoms with Crippen molar-refractivity contribution in [1.82, 2.24) is 0 Å². The third-order valence-corrected chi connectivity index (χ3v) is 5.36. The third-order valence-electron chi connectivity index (χ3n) is 4.35. The van der Waals surface area contributed by atoms with Gasteiger partial charge in [-0.25, -0.2) is 0 Å². The van der Waals surface area contributed by atoms with Crippen molar-refractivity contribution in [1.29, 1.82) is 0 Å². The second-order valence-corrected chi connectivity index (χ2v) is 7.51. The monoisotopic (exact) mass is 304 g/mol. The lowest BCUT2D eigenvalue weighted by atomic mass is 9.67. The second kappa shape index (κ2) is 7.13. The van der Waals surface area contributed by atoms with Crippen LogP contribution in [0.15, 0.2) is 0 Å². The SMILES string of the molecule is CCOCCCC(C)(C)C1CCC(C)CC1Br. The number of hydrogen-bond donors (Lipinski definition) is 0. The van der Waals surface area contributed by atoms with Crippen LogP contribution in [0.2, 0.25) is 0 Å². The van der Waals surface area contributed by atoms with Gasteiger partial charge in [0.1, 0.15) is 0 Å². The van der Waals surface area contributed by atoms with E-state index in [1.54, 1.807) is 0 Å². The number of hydrogen-bond acceptors (Lipinski definition) is 1. The maximum Gasteiger partial charge on any atom is 0.0466 e. The van der Waals surface area contributed by atoms with E-state index < -0.39 is 0 Å². The maximum absolute atomic E-state index is 5.45. The molecule has 17 heavy (non-hydrogen) atoms. The molecular formula is C15H29BrO. The molecule has 0 amide bonds. The van der Waals surface area contributed by atoms with Crippen molar-refractivity contribution in [3.05, 3.63) is 0 Å². The van der Waals surface area contributed by atoms with E-state index in [1.165, 1.54) is 32.1 Å². The topological polar surface area (TPSA) is 9.23 Å². The summed E-state index contributed by atoms with van der Waals surface area (Å²) in [5.74, 6) is 1.73. The van der Waals surface area contributed by atoms with Crippen LogP contribution in [0.1, 0.15) is 59.8 Å². The van der Waals surface area contributed by atoms with E-state index in [1.807, 2.05) is 0 Å². The lowest BCUT2D eigenvalue weighted by molar-refractivity contribution is 0.100. The van der Waals surface area contributed by atoms with Crippen molar-refractivity contribution < 1.29 is 4.74 Å². The number of alkyl halides is 1. The van der Waals surface area contributed by atoms with Gasteiger partial charge in [0.15, 0.2) is 0 Å². The molecule has 1 nitrogen and oxygen atoms in total. The molecule has 1 rings (SSSR count). The highest BCUT2D eigenvalue weighted by atomic mass is 79.9. The van der Waals surface area contributed by atoms with Gasteiger partial charge in [0.25, 0.3) is 0 Å². The average Bonchev–Trinajstić information content (AvgIpc) is 2.24. The molecule has 3 unspecified atom stereocenters. The Labute approximate surface area is 116 Å². The van der Waals surface area contributed by atoms with Gasteiger partial charge < -0.3 is 4.74 Å². The standard InChI is InChI=1S/C15H29BrO/c1-5-17-10-6-9-15(3,4)13-8-7-12(2)11-14(13)16/h12-14H,5-11H2,1-4H3. The van der Waals surface area contributed by atoms with Gasteiger partial charge in [0, 0.05) is 18.0 Å². The molecule has 3 atom stereocenters. The molecule has 0 aromatic heterocycles. The fourth-order valence-corrected chi connectivity index (χ4v) is 4.77. The van der Waals surface area contributed by atoms with Crippen molar-refractivity contribution >= 4 is 15.9 Å². The Morgan fingerprint density at radius 1 is 1.29 bits per heavy atom. The van der Waals surface area contributed by atoms with Gasteiger partial charge in [0.2, 0.25) is 0 Å². The van der Waals surface area contributed by atoms with Gasteiger partial charge in [-0.1, -0.05) is 43.1 Å². The van der Waals surface area contributed by atoms with E-state index in [9.17, 15) is 0 Å². The van der Waals surface area contributed by atoms with E-state index in [0.717, 1.165) is 25.0 Å². The van der Waals surface area contributed by atoms with Crippen LogP contribution >= 0.6 is 15.9 Å². The summed E-state index contributed by atoms with van der Waals surface area (Å²) in [6.07, 6.45) is 6.63.